The van der Waals surface area contributed by atoms with Crippen LogP contribution in [0.3, 0.4) is 0 Å². The Morgan fingerprint density at radius 3 is 2.24 bits per heavy atom. The zero-order valence-electron chi connectivity index (χ0n) is 12.0. The van der Waals surface area contributed by atoms with Gasteiger partial charge in [-0.2, -0.15) is 10.5 Å². The van der Waals surface area contributed by atoms with E-state index in [4.69, 9.17) is 19.5 Å². The minimum atomic E-state index is -1.33. The average Bonchev–Trinajstić information content (AvgIpc) is 2.55. The molecule has 0 radical (unpaired) electrons. The number of nitriles is 2. The summed E-state index contributed by atoms with van der Waals surface area (Å²) in [6.07, 6.45) is -0.573. The second-order valence-corrected chi connectivity index (χ2v) is 5.84. The Morgan fingerprint density at radius 2 is 1.76 bits per heavy atom. The van der Waals surface area contributed by atoms with Gasteiger partial charge in [0.25, 0.3) is 0 Å². The van der Waals surface area contributed by atoms with Gasteiger partial charge in [0.05, 0.1) is 36.3 Å². The largest absolute Gasteiger partial charge is 0.323 e. The molecule has 0 amide bonds. The molecule has 0 aromatic heterocycles. The van der Waals surface area contributed by atoms with Crippen molar-refractivity contribution in [1.29, 1.82) is 10.5 Å². The second-order valence-electron chi connectivity index (χ2n) is 5.84. The zero-order valence-corrected chi connectivity index (χ0v) is 12.0. The molecule has 21 heavy (non-hydrogen) atoms. The van der Waals surface area contributed by atoms with Crippen LogP contribution in [0.4, 0.5) is 0 Å². The van der Waals surface area contributed by atoms with Gasteiger partial charge < -0.3 is 14.2 Å². The van der Waals surface area contributed by atoms with Gasteiger partial charge in [-0.15, -0.1) is 0 Å². The third-order valence-corrected chi connectivity index (χ3v) is 4.49. The maximum Gasteiger partial charge on any atom is 0.313 e. The van der Waals surface area contributed by atoms with Gasteiger partial charge in [0.15, 0.2) is 6.10 Å². The minimum Gasteiger partial charge on any atom is -0.323 e. The highest BCUT2D eigenvalue weighted by Crippen LogP contribution is 2.50. The molecular formula is C16H16N2O3. The lowest BCUT2D eigenvalue weighted by molar-refractivity contribution is -0.497. The van der Waals surface area contributed by atoms with Crippen molar-refractivity contribution in [2.45, 2.75) is 25.9 Å². The van der Waals surface area contributed by atoms with Crippen molar-refractivity contribution < 1.29 is 14.2 Å². The second kappa shape index (κ2) is 4.82. The number of benzene rings is 1. The molecule has 0 spiro atoms. The van der Waals surface area contributed by atoms with Gasteiger partial charge in [0.1, 0.15) is 0 Å². The van der Waals surface area contributed by atoms with Crippen molar-refractivity contribution in [2.24, 2.45) is 11.3 Å². The number of fused-ring (bicyclic) bond motifs is 3. The van der Waals surface area contributed by atoms with Gasteiger partial charge >= 0.3 is 5.97 Å². The maximum absolute atomic E-state index is 9.44. The molecule has 5 nitrogen and oxygen atoms in total. The number of ether oxygens (including phenoxy) is 3. The van der Waals surface area contributed by atoms with E-state index in [2.05, 4.69) is 12.1 Å². The fourth-order valence-electron chi connectivity index (χ4n) is 2.81. The minimum absolute atomic E-state index is 0.210. The summed E-state index contributed by atoms with van der Waals surface area (Å²) in [5.74, 6) is -1.12. The summed E-state index contributed by atoms with van der Waals surface area (Å²) >= 11 is 0. The molecule has 1 aromatic carbocycles. The fourth-order valence-corrected chi connectivity index (χ4v) is 2.81. The molecule has 0 aliphatic carbocycles. The first kappa shape index (κ1) is 14.0. The highest BCUT2D eigenvalue weighted by Gasteiger charge is 2.60. The smallest absolute Gasteiger partial charge is 0.313 e. The number of rotatable bonds is 2. The van der Waals surface area contributed by atoms with Crippen molar-refractivity contribution in [3.8, 4) is 12.1 Å². The Bertz CT molecular complexity index is 616. The van der Waals surface area contributed by atoms with Gasteiger partial charge in [0, 0.05) is 5.56 Å². The van der Waals surface area contributed by atoms with E-state index in [-0.39, 0.29) is 5.92 Å². The Hall–Kier alpha value is -1.92. The molecule has 3 aliphatic rings. The van der Waals surface area contributed by atoms with Crippen molar-refractivity contribution >= 4 is 0 Å². The zero-order chi connectivity index (χ0) is 15.1. The standard InChI is InChI=1S/C16H16N2O3/c1-11(2)15-9-19-16(20-10-15,21-14(15)8-18)13-5-3-12(7-17)4-6-13/h3-6,11,14H,9-10H2,1-2H3. The van der Waals surface area contributed by atoms with Gasteiger partial charge in [0.2, 0.25) is 0 Å². The summed E-state index contributed by atoms with van der Waals surface area (Å²) < 4.78 is 17.5. The Kier molecular flexibility index (Phi) is 3.22. The van der Waals surface area contributed by atoms with Crippen molar-refractivity contribution in [3.63, 3.8) is 0 Å². The van der Waals surface area contributed by atoms with Gasteiger partial charge in [-0.3, -0.25) is 0 Å². The molecule has 0 saturated carbocycles. The molecule has 3 fully saturated rings. The third kappa shape index (κ3) is 1.94. The molecule has 3 saturated heterocycles. The van der Waals surface area contributed by atoms with E-state index in [1.807, 2.05) is 13.8 Å². The van der Waals surface area contributed by atoms with Crippen LogP contribution in [-0.2, 0) is 20.2 Å². The van der Waals surface area contributed by atoms with Crippen LogP contribution in [0.1, 0.15) is 25.0 Å². The molecule has 4 rings (SSSR count). The quantitative estimate of drug-likeness (QED) is 0.832. The summed E-state index contributed by atoms with van der Waals surface area (Å²) in [5.41, 5.74) is 0.789. The van der Waals surface area contributed by atoms with Crippen LogP contribution >= 0.6 is 0 Å². The average molecular weight is 284 g/mol. The van der Waals surface area contributed by atoms with Crippen molar-refractivity contribution in [3.05, 3.63) is 35.4 Å². The van der Waals surface area contributed by atoms with Crippen molar-refractivity contribution in [1.82, 2.24) is 0 Å². The molecule has 3 aliphatic heterocycles. The summed E-state index contributed by atoms with van der Waals surface area (Å²) in [7, 11) is 0. The number of hydrogen-bond donors (Lipinski definition) is 0. The van der Waals surface area contributed by atoms with Crippen LogP contribution < -0.4 is 0 Å². The van der Waals surface area contributed by atoms with Gasteiger partial charge in [-0.25, -0.2) is 0 Å². The monoisotopic (exact) mass is 284 g/mol. The molecule has 108 valence electrons. The molecule has 0 N–H and O–H groups in total. The summed E-state index contributed by atoms with van der Waals surface area (Å²) in [6.45, 7) is 4.92. The fraction of sp³-hybridized carbons (Fsp3) is 0.500. The highest BCUT2D eigenvalue weighted by atomic mass is 16.9. The van der Waals surface area contributed by atoms with Crippen LogP contribution in [-0.4, -0.2) is 19.3 Å². The predicted octanol–water partition coefficient (Wildman–Crippen LogP) is 2.28. The molecule has 1 unspecified atom stereocenters. The van der Waals surface area contributed by atoms with E-state index in [0.29, 0.717) is 24.3 Å². The Labute approximate surface area is 123 Å². The lowest BCUT2D eigenvalue weighted by Gasteiger charge is -2.55. The maximum atomic E-state index is 9.44. The van der Waals surface area contributed by atoms with E-state index in [1.165, 1.54) is 0 Å². The third-order valence-electron chi connectivity index (χ3n) is 4.49. The number of nitrogens with zero attached hydrogens (tertiary/aromatic N) is 2. The first-order chi connectivity index (χ1) is 10.1. The molecule has 1 atom stereocenters. The van der Waals surface area contributed by atoms with E-state index in [0.717, 1.165) is 0 Å². The summed E-state index contributed by atoms with van der Waals surface area (Å²) in [5, 5.41) is 18.3. The molecule has 5 heteroatoms. The lowest BCUT2D eigenvalue weighted by atomic mass is 9.72. The topological polar surface area (TPSA) is 75.3 Å². The van der Waals surface area contributed by atoms with Crippen LogP contribution in [0.25, 0.3) is 0 Å². The van der Waals surface area contributed by atoms with E-state index in [9.17, 15) is 5.26 Å². The summed E-state index contributed by atoms with van der Waals surface area (Å²) in [6, 6.07) is 11.1. The van der Waals surface area contributed by atoms with Gasteiger partial charge in [-0.1, -0.05) is 13.8 Å². The van der Waals surface area contributed by atoms with E-state index >= 15 is 0 Å². The molecule has 2 bridgehead atoms. The molecular weight excluding hydrogens is 268 g/mol. The van der Waals surface area contributed by atoms with E-state index < -0.39 is 17.5 Å². The number of hydrogen-bond acceptors (Lipinski definition) is 5. The van der Waals surface area contributed by atoms with Gasteiger partial charge in [-0.05, 0) is 30.2 Å². The van der Waals surface area contributed by atoms with E-state index in [1.54, 1.807) is 24.3 Å². The van der Waals surface area contributed by atoms with Crippen LogP contribution in [0.5, 0.6) is 0 Å². The van der Waals surface area contributed by atoms with Crippen LogP contribution in [0.15, 0.2) is 24.3 Å². The Morgan fingerprint density at radius 1 is 1.14 bits per heavy atom. The molecule has 3 heterocycles. The first-order valence-corrected chi connectivity index (χ1v) is 6.92. The highest BCUT2D eigenvalue weighted by molar-refractivity contribution is 5.33. The van der Waals surface area contributed by atoms with Crippen molar-refractivity contribution in [2.75, 3.05) is 13.2 Å². The SMILES string of the molecule is CC(C)C12COC(c3ccc(C#N)cc3)(OC1)OC2C#N. The van der Waals surface area contributed by atoms with Crippen LogP contribution in [0, 0.1) is 34.0 Å². The Balaban J connectivity index is 1.95. The first-order valence-electron chi connectivity index (χ1n) is 6.92. The normalized spacial score (nSPS) is 34.4. The van der Waals surface area contributed by atoms with Crippen LogP contribution in [0.2, 0.25) is 0 Å². The molecule has 1 aromatic rings. The lowest BCUT2D eigenvalue weighted by Crippen LogP contribution is -2.64. The summed E-state index contributed by atoms with van der Waals surface area (Å²) in [4.78, 5) is 0. The predicted molar refractivity (Wildman–Crippen MR) is 72.5 cm³/mol.